The fourth-order valence-electron chi connectivity index (χ4n) is 10.3. The van der Waals surface area contributed by atoms with E-state index in [9.17, 15) is 19.4 Å². The first-order valence-electron chi connectivity index (χ1n) is 34.8. The quantitative estimate of drug-likeness (QED) is 0.0243. The number of hydrogen-bond acceptors (Lipinski definition) is 5. The highest BCUT2D eigenvalue weighted by Crippen LogP contribution is 2.43. The molecule has 0 saturated heterocycles. The van der Waals surface area contributed by atoms with Gasteiger partial charge < -0.3 is 19.8 Å². The Morgan fingerprint density at radius 1 is 0.432 bits per heavy atom. The van der Waals surface area contributed by atoms with Crippen molar-refractivity contribution >= 4 is 13.7 Å². The molecular weight excluding hydrogens is 1020 g/mol. The third-order valence-corrected chi connectivity index (χ3v) is 16.6. The van der Waals surface area contributed by atoms with Crippen molar-refractivity contribution in [3.05, 3.63) is 72.9 Å². The van der Waals surface area contributed by atoms with E-state index in [0.29, 0.717) is 17.4 Å². The summed E-state index contributed by atoms with van der Waals surface area (Å²) in [5.41, 5.74) is 0. The molecule has 8 nitrogen and oxygen atoms in total. The van der Waals surface area contributed by atoms with E-state index >= 15 is 0 Å². The van der Waals surface area contributed by atoms with Gasteiger partial charge in [0.05, 0.1) is 39.9 Å². The maximum absolute atomic E-state index is 13.0. The van der Waals surface area contributed by atoms with Crippen LogP contribution in [-0.2, 0) is 18.4 Å². The fraction of sp³-hybridized carbons (Fsp3) is 0.819. The molecule has 0 aliphatic heterocycles. The van der Waals surface area contributed by atoms with Crippen molar-refractivity contribution in [3.8, 4) is 0 Å². The lowest BCUT2D eigenvalue weighted by molar-refractivity contribution is -0.870. The third-order valence-electron chi connectivity index (χ3n) is 15.7. The van der Waals surface area contributed by atoms with E-state index in [0.717, 1.165) is 64.2 Å². The Bertz CT molecular complexity index is 1550. The summed E-state index contributed by atoms with van der Waals surface area (Å²) in [4.78, 5) is 23.4. The summed E-state index contributed by atoms with van der Waals surface area (Å²) in [5.74, 6) is -0.182. The first-order chi connectivity index (χ1) is 39.5. The number of quaternary nitrogens is 1. The van der Waals surface area contributed by atoms with E-state index in [-0.39, 0.29) is 19.1 Å². The van der Waals surface area contributed by atoms with Crippen LogP contribution in [0.1, 0.15) is 328 Å². The topological polar surface area (TPSA) is 105 Å². The Labute approximate surface area is 504 Å². The van der Waals surface area contributed by atoms with Gasteiger partial charge in [0.2, 0.25) is 5.91 Å². The molecule has 81 heavy (non-hydrogen) atoms. The van der Waals surface area contributed by atoms with E-state index in [4.69, 9.17) is 9.05 Å². The lowest BCUT2D eigenvalue weighted by Crippen LogP contribution is -2.45. The van der Waals surface area contributed by atoms with Crippen molar-refractivity contribution in [1.29, 1.82) is 0 Å². The van der Waals surface area contributed by atoms with Crippen LogP contribution in [0, 0.1) is 0 Å². The van der Waals surface area contributed by atoms with Crippen molar-refractivity contribution in [2.45, 2.75) is 341 Å². The molecule has 474 valence electrons. The van der Waals surface area contributed by atoms with Crippen molar-refractivity contribution in [3.63, 3.8) is 0 Å². The second kappa shape index (κ2) is 62.5. The predicted molar refractivity (Wildman–Crippen MR) is 355 cm³/mol. The molecule has 3 N–H and O–H groups in total. The summed E-state index contributed by atoms with van der Waals surface area (Å²) in [6.07, 6.45) is 87.7. The number of allylic oxidation sites excluding steroid dienone is 11. The molecule has 0 aliphatic rings. The summed E-state index contributed by atoms with van der Waals surface area (Å²) in [6, 6.07) is -0.866. The maximum atomic E-state index is 13.0. The lowest BCUT2D eigenvalue weighted by atomic mass is 10.0. The molecule has 0 aromatic carbocycles. The fourth-order valence-corrected chi connectivity index (χ4v) is 11.0. The first-order valence-corrected chi connectivity index (χ1v) is 36.3. The van der Waals surface area contributed by atoms with Crippen LogP contribution in [0.15, 0.2) is 72.9 Å². The molecule has 0 aromatic rings. The van der Waals surface area contributed by atoms with E-state index in [1.165, 1.54) is 244 Å². The van der Waals surface area contributed by atoms with E-state index < -0.39 is 20.0 Å². The van der Waals surface area contributed by atoms with Gasteiger partial charge in [0.25, 0.3) is 0 Å². The van der Waals surface area contributed by atoms with Crippen molar-refractivity contribution in [2.75, 3.05) is 40.9 Å². The highest BCUT2D eigenvalue weighted by Gasteiger charge is 2.28. The number of carbonyl (C=O) groups excluding carboxylic acids is 1. The van der Waals surface area contributed by atoms with E-state index in [2.05, 4.69) is 79.9 Å². The standard InChI is InChI=1S/C72H135N2O6P/c1-6-8-10-12-14-16-18-20-22-24-26-28-30-32-33-34-35-36-37-38-39-40-41-42-44-46-48-50-52-54-56-58-60-62-64-66-72(76)73-70(69-80-81(77,78)79-68-67-74(3,4)5)71(75)65-63-61-59-57-55-53-51-49-47-45-43-31-29-27-25-23-21-19-17-15-13-11-9-7-2/h8,10,14,16,20,22,26,28,55,57,63,65,70-71,75H,6-7,9,11-13,15,17-19,21,23-25,27,29-54,56,58-62,64,66-69H2,1-5H3,(H-,73,76,77,78)/p+1/b10-8-,16-14-,22-20-,28-26-,57-55+,65-63+. The number of nitrogens with one attached hydrogen (secondary N) is 1. The van der Waals surface area contributed by atoms with Gasteiger partial charge in [-0.2, -0.15) is 0 Å². The molecule has 0 heterocycles. The number of nitrogens with zero attached hydrogens (tertiary/aromatic N) is 1. The Hall–Kier alpha value is -2.06. The molecule has 0 spiro atoms. The zero-order valence-electron chi connectivity index (χ0n) is 54.3. The van der Waals surface area contributed by atoms with E-state index in [1.54, 1.807) is 6.08 Å². The SMILES string of the molecule is CC/C=C\C/C=C\C/C=C\C/C=C\CCCCCCCCCCCCCCCCCCCCCCCCC(=O)NC(COP(=O)(O)OCC[N+](C)(C)C)C(O)/C=C/CC/C=C/CCCCCCCCCCCCCCCCCCCC. The summed E-state index contributed by atoms with van der Waals surface area (Å²) < 4.78 is 23.8. The minimum absolute atomic E-state index is 0.0563. The average Bonchev–Trinajstić information content (AvgIpc) is 3.43. The summed E-state index contributed by atoms with van der Waals surface area (Å²) in [5, 5.41) is 14.0. The van der Waals surface area contributed by atoms with Crippen LogP contribution in [0.3, 0.4) is 0 Å². The van der Waals surface area contributed by atoms with Crippen molar-refractivity contribution < 1.29 is 32.9 Å². The van der Waals surface area contributed by atoms with Crippen LogP contribution in [0.2, 0.25) is 0 Å². The maximum Gasteiger partial charge on any atom is 0.472 e. The van der Waals surface area contributed by atoms with Gasteiger partial charge in [-0.05, 0) is 70.6 Å². The number of likely N-dealkylation sites (N-methyl/N-ethyl adjacent to an activating group) is 1. The normalized spacial score (nSPS) is 14.1. The van der Waals surface area contributed by atoms with Gasteiger partial charge in [0, 0.05) is 6.42 Å². The second-order valence-electron chi connectivity index (χ2n) is 24.9. The third kappa shape index (κ3) is 65.3. The van der Waals surface area contributed by atoms with Gasteiger partial charge in [0.15, 0.2) is 0 Å². The molecule has 1 amide bonds. The second-order valence-corrected chi connectivity index (χ2v) is 26.3. The minimum Gasteiger partial charge on any atom is -0.387 e. The van der Waals surface area contributed by atoms with Crippen molar-refractivity contribution in [1.82, 2.24) is 5.32 Å². The molecule has 0 aliphatic carbocycles. The zero-order chi connectivity index (χ0) is 59.1. The van der Waals surface area contributed by atoms with Crippen LogP contribution >= 0.6 is 7.82 Å². The van der Waals surface area contributed by atoms with Gasteiger partial charge in [0.1, 0.15) is 13.2 Å². The molecule has 0 bridgehead atoms. The predicted octanol–water partition coefficient (Wildman–Crippen LogP) is 22.2. The monoisotopic (exact) mass is 1160 g/mol. The van der Waals surface area contributed by atoms with Crippen LogP contribution in [0.4, 0.5) is 0 Å². The Kier molecular flexibility index (Phi) is 60.9. The van der Waals surface area contributed by atoms with Gasteiger partial charge in [-0.1, -0.05) is 324 Å². The summed E-state index contributed by atoms with van der Waals surface area (Å²) in [7, 11) is 1.56. The molecule has 0 rings (SSSR count). The molecule has 9 heteroatoms. The summed E-state index contributed by atoms with van der Waals surface area (Å²) >= 11 is 0. The number of unbranched alkanes of at least 4 members (excludes halogenated alkanes) is 41. The number of amides is 1. The number of phosphoric ester groups is 1. The number of aliphatic hydroxyl groups is 1. The molecule has 3 atom stereocenters. The van der Waals surface area contributed by atoms with Crippen LogP contribution in [-0.4, -0.2) is 73.4 Å². The Morgan fingerprint density at radius 2 is 0.753 bits per heavy atom. The number of phosphoric acid groups is 1. The largest absolute Gasteiger partial charge is 0.472 e. The Balaban J connectivity index is 4.05. The number of carbonyl (C=O) groups is 1. The van der Waals surface area contributed by atoms with Crippen LogP contribution < -0.4 is 5.32 Å². The highest BCUT2D eigenvalue weighted by molar-refractivity contribution is 7.47. The molecular formula is C72H136N2O6P+. The Morgan fingerprint density at radius 3 is 1.14 bits per heavy atom. The number of aliphatic hydroxyl groups excluding tert-OH is 1. The van der Waals surface area contributed by atoms with Gasteiger partial charge in [-0.25, -0.2) is 4.57 Å². The number of hydrogen-bond donors (Lipinski definition) is 3. The number of rotatable bonds is 64. The molecule has 0 aromatic heterocycles. The lowest BCUT2D eigenvalue weighted by Gasteiger charge is -2.25. The molecule has 3 unspecified atom stereocenters. The van der Waals surface area contributed by atoms with Crippen molar-refractivity contribution in [2.24, 2.45) is 0 Å². The van der Waals surface area contributed by atoms with E-state index in [1.807, 2.05) is 27.2 Å². The first kappa shape index (κ1) is 78.9. The zero-order valence-corrected chi connectivity index (χ0v) is 55.2. The van der Waals surface area contributed by atoms with Gasteiger partial charge in [-0.15, -0.1) is 0 Å². The average molecular weight is 1160 g/mol. The molecule has 0 fully saturated rings. The van der Waals surface area contributed by atoms with Gasteiger partial charge in [-0.3, -0.25) is 13.8 Å². The summed E-state index contributed by atoms with van der Waals surface area (Å²) in [6.45, 7) is 4.72. The highest BCUT2D eigenvalue weighted by atomic mass is 31.2. The van der Waals surface area contributed by atoms with Crippen LogP contribution in [0.5, 0.6) is 0 Å². The van der Waals surface area contributed by atoms with Gasteiger partial charge >= 0.3 is 7.82 Å². The molecule has 0 radical (unpaired) electrons. The smallest absolute Gasteiger partial charge is 0.387 e. The van der Waals surface area contributed by atoms with Crippen LogP contribution in [0.25, 0.3) is 0 Å². The minimum atomic E-state index is -4.36. The molecule has 0 saturated carbocycles.